The lowest BCUT2D eigenvalue weighted by Gasteiger charge is -2.20. The maximum absolute atomic E-state index is 10.1. The molecule has 0 bridgehead atoms. The molecule has 1 saturated heterocycles. The molecular formula is C7H11NO3. The molecule has 0 aromatic heterocycles. The van der Waals surface area contributed by atoms with Gasteiger partial charge in [0.15, 0.2) is 0 Å². The first-order valence-corrected chi connectivity index (χ1v) is 3.52. The van der Waals surface area contributed by atoms with Crippen LogP contribution in [0.1, 0.15) is 0 Å². The molecule has 2 N–H and O–H groups in total. The van der Waals surface area contributed by atoms with Crippen LogP contribution < -0.4 is 5.32 Å². The predicted molar refractivity (Wildman–Crippen MR) is 39.4 cm³/mol. The van der Waals surface area contributed by atoms with E-state index in [0.29, 0.717) is 13.2 Å². The van der Waals surface area contributed by atoms with Gasteiger partial charge in [0.05, 0.1) is 12.7 Å². The van der Waals surface area contributed by atoms with Gasteiger partial charge in [0.2, 0.25) is 0 Å². The Morgan fingerprint density at radius 1 is 1.73 bits per heavy atom. The molecule has 0 aromatic carbocycles. The highest BCUT2D eigenvalue weighted by molar-refractivity contribution is 5.79. The number of ether oxygens (including phenoxy) is 1. The van der Waals surface area contributed by atoms with E-state index in [1.165, 1.54) is 0 Å². The lowest BCUT2D eigenvalue weighted by atomic mass is 10.3. The zero-order chi connectivity index (χ0) is 8.10. The minimum atomic E-state index is -0.931. The van der Waals surface area contributed by atoms with E-state index in [1.807, 2.05) is 0 Å². The number of hydrogen-bond acceptors (Lipinski definition) is 3. The van der Waals surface area contributed by atoms with Crippen molar-refractivity contribution in [1.82, 2.24) is 5.32 Å². The summed E-state index contributed by atoms with van der Waals surface area (Å²) in [6.45, 7) is 2.19. The Morgan fingerprint density at radius 3 is 3.09 bits per heavy atom. The van der Waals surface area contributed by atoms with Gasteiger partial charge < -0.3 is 15.2 Å². The Balaban J connectivity index is 2.29. The topological polar surface area (TPSA) is 58.6 Å². The summed E-state index contributed by atoms with van der Waals surface area (Å²) >= 11 is 0. The highest BCUT2D eigenvalue weighted by Crippen LogP contribution is 1.96. The van der Waals surface area contributed by atoms with Gasteiger partial charge in [0.1, 0.15) is 0 Å². The van der Waals surface area contributed by atoms with Crippen LogP contribution in [0.5, 0.6) is 0 Å². The molecule has 0 saturated carbocycles. The molecule has 0 aliphatic carbocycles. The summed E-state index contributed by atoms with van der Waals surface area (Å²) in [5, 5.41) is 11.4. The molecular weight excluding hydrogens is 146 g/mol. The zero-order valence-corrected chi connectivity index (χ0v) is 6.12. The van der Waals surface area contributed by atoms with Crippen LogP contribution in [0, 0.1) is 0 Å². The van der Waals surface area contributed by atoms with E-state index in [2.05, 4.69) is 5.32 Å². The van der Waals surface area contributed by atoms with Gasteiger partial charge in [-0.2, -0.15) is 0 Å². The van der Waals surface area contributed by atoms with Crippen molar-refractivity contribution >= 4 is 5.97 Å². The second-order valence-electron chi connectivity index (χ2n) is 2.31. The van der Waals surface area contributed by atoms with E-state index in [9.17, 15) is 4.79 Å². The van der Waals surface area contributed by atoms with Crippen LogP contribution in [0.3, 0.4) is 0 Å². The Hall–Kier alpha value is -0.870. The van der Waals surface area contributed by atoms with Crippen molar-refractivity contribution in [1.29, 1.82) is 0 Å². The van der Waals surface area contributed by atoms with Crippen LogP contribution >= 0.6 is 0 Å². The summed E-state index contributed by atoms with van der Waals surface area (Å²) in [7, 11) is 0. The standard InChI is InChI=1S/C7H11NO3/c9-7(10)2-1-6-5-8-3-4-11-6/h1-2,6,8H,3-5H2,(H,9,10). The number of aliphatic carboxylic acids is 1. The van der Waals surface area contributed by atoms with Crippen molar-refractivity contribution in [2.24, 2.45) is 0 Å². The normalized spacial score (nSPS) is 25.6. The van der Waals surface area contributed by atoms with Crippen molar-refractivity contribution < 1.29 is 14.6 Å². The lowest BCUT2D eigenvalue weighted by Crippen LogP contribution is -2.37. The van der Waals surface area contributed by atoms with Gasteiger partial charge in [-0.1, -0.05) is 0 Å². The molecule has 11 heavy (non-hydrogen) atoms. The van der Waals surface area contributed by atoms with Crippen molar-refractivity contribution in [2.75, 3.05) is 19.7 Å². The fourth-order valence-corrected chi connectivity index (χ4v) is 0.899. The Morgan fingerprint density at radius 2 is 2.55 bits per heavy atom. The molecule has 1 atom stereocenters. The quantitative estimate of drug-likeness (QED) is 0.536. The molecule has 1 aliphatic heterocycles. The molecule has 0 radical (unpaired) electrons. The van der Waals surface area contributed by atoms with E-state index >= 15 is 0 Å². The smallest absolute Gasteiger partial charge is 0.328 e. The molecule has 0 spiro atoms. The minimum Gasteiger partial charge on any atom is -0.478 e. The number of carbonyl (C=O) groups is 1. The molecule has 62 valence electrons. The van der Waals surface area contributed by atoms with Crippen LogP contribution in [0.4, 0.5) is 0 Å². The Bertz CT molecular complexity index is 161. The number of carboxylic acid groups (broad SMARTS) is 1. The lowest BCUT2D eigenvalue weighted by molar-refractivity contribution is -0.131. The largest absolute Gasteiger partial charge is 0.478 e. The van der Waals surface area contributed by atoms with Crippen LogP contribution in [-0.4, -0.2) is 36.9 Å². The second-order valence-corrected chi connectivity index (χ2v) is 2.31. The number of morpholine rings is 1. The summed E-state index contributed by atoms with van der Waals surface area (Å²) in [6, 6.07) is 0. The molecule has 1 fully saturated rings. The first-order chi connectivity index (χ1) is 5.29. The van der Waals surface area contributed by atoms with Crippen LogP contribution in [-0.2, 0) is 9.53 Å². The summed E-state index contributed by atoms with van der Waals surface area (Å²) in [4.78, 5) is 10.1. The van der Waals surface area contributed by atoms with Gasteiger partial charge in [0, 0.05) is 19.2 Å². The Kier molecular flexibility index (Phi) is 3.07. The van der Waals surface area contributed by atoms with Crippen LogP contribution in [0.15, 0.2) is 12.2 Å². The van der Waals surface area contributed by atoms with Gasteiger partial charge in [0.25, 0.3) is 0 Å². The third kappa shape index (κ3) is 3.15. The van der Waals surface area contributed by atoms with Crippen molar-refractivity contribution in [2.45, 2.75) is 6.10 Å². The van der Waals surface area contributed by atoms with E-state index in [4.69, 9.17) is 9.84 Å². The van der Waals surface area contributed by atoms with E-state index < -0.39 is 5.97 Å². The first kappa shape index (κ1) is 8.23. The maximum Gasteiger partial charge on any atom is 0.328 e. The SMILES string of the molecule is O=C(O)C=CC1CNCCO1. The second kappa shape index (κ2) is 4.10. The van der Waals surface area contributed by atoms with Gasteiger partial charge in [-0.05, 0) is 6.08 Å². The summed E-state index contributed by atoms with van der Waals surface area (Å²) in [5.74, 6) is -0.931. The number of carboxylic acids is 1. The number of rotatable bonds is 2. The average molecular weight is 157 g/mol. The van der Waals surface area contributed by atoms with Crippen LogP contribution in [0.25, 0.3) is 0 Å². The van der Waals surface area contributed by atoms with Crippen molar-refractivity contribution in [3.05, 3.63) is 12.2 Å². The first-order valence-electron chi connectivity index (χ1n) is 3.52. The van der Waals surface area contributed by atoms with Gasteiger partial charge >= 0.3 is 5.97 Å². The average Bonchev–Trinajstić information content (AvgIpc) is 2.03. The number of hydrogen-bond donors (Lipinski definition) is 2. The highest BCUT2D eigenvalue weighted by Gasteiger charge is 2.09. The van der Waals surface area contributed by atoms with E-state index in [0.717, 1.165) is 12.6 Å². The predicted octanol–water partition coefficient (Wildman–Crippen LogP) is -0.384. The third-order valence-corrected chi connectivity index (χ3v) is 1.41. The van der Waals surface area contributed by atoms with Crippen LogP contribution in [0.2, 0.25) is 0 Å². The van der Waals surface area contributed by atoms with Gasteiger partial charge in [-0.3, -0.25) is 0 Å². The van der Waals surface area contributed by atoms with Crippen molar-refractivity contribution in [3.63, 3.8) is 0 Å². The third-order valence-electron chi connectivity index (χ3n) is 1.41. The van der Waals surface area contributed by atoms with Gasteiger partial charge in [-0.15, -0.1) is 0 Å². The molecule has 1 aliphatic rings. The molecule has 1 heterocycles. The summed E-state index contributed by atoms with van der Waals surface area (Å²) in [5.41, 5.74) is 0. The summed E-state index contributed by atoms with van der Waals surface area (Å²) < 4.78 is 5.22. The zero-order valence-electron chi connectivity index (χ0n) is 6.12. The van der Waals surface area contributed by atoms with Crippen molar-refractivity contribution in [3.8, 4) is 0 Å². The molecule has 4 nitrogen and oxygen atoms in total. The molecule has 0 aromatic rings. The fourth-order valence-electron chi connectivity index (χ4n) is 0.899. The fraction of sp³-hybridized carbons (Fsp3) is 0.571. The van der Waals surface area contributed by atoms with E-state index in [1.54, 1.807) is 6.08 Å². The molecule has 1 rings (SSSR count). The Labute approximate surface area is 64.9 Å². The van der Waals surface area contributed by atoms with E-state index in [-0.39, 0.29) is 6.10 Å². The molecule has 1 unspecified atom stereocenters. The number of nitrogens with one attached hydrogen (secondary N) is 1. The maximum atomic E-state index is 10.1. The molecule has 0 amide bonds. The molecule has 4 heteroatoms. The minimum absolute atomic E-state index is 0.0835. The van der Waals surface area contributed by atoms with Gasteiger partial charge in [-0.25, -0.2) is 4.79 Å². The highest BCUT2D eigenvalue weighted by atomic mass is 16.5. The summed E-state index contributed by atoms with van der Waals surface area (Å²) in [6.07, 6.45) is 2.58. The monoisotopic (exact) mass is 157 g/mol.